The van der Waals surface area contributed by atoms with Gasteiger partial charge in [0.05, 0.1) is 11.3 Å². The summed E-state index contributed by atoms with van der Waals surface area (Å²) in [5, 5.41) is 3.04. The molecule has 1 aromatic rings. The van der Waals surface area contributed by atoms with Crippen molar-refractivity contribution >= 4 is 5.69 Å². The van der Waals surface area contributed by atoms with Crippen LogP contribution in [0.2, 0.25) is 0 Å². The molecule has 0 radical (unpaired) electrons. The van der Waals surface area contributed by atoms with E-state index in [4.69, 9.17) is 0 Å². The van der Waals surface area contributed by atoms with Crippen LogP contribution >= 0.6 is 0 Å². The molecular formula is C12H14F4N2. The van der Waals surface area contributed by atoms with Gasteiger partial charge in [-0.15, -0.1) is 0 Å². The molecule has 2 rings (SSSR count). The molecule has 1 saturated heterocycles. The molecule has 1 unspecified atom stereocenters. The smallest absolute Gasteiger partial charge is 0.368 e. The van der Waals surface area contributed by atoms with E-state index in [-0.39, 0.29) is 11.7 Å². The van der Waals surface area contributed by atoms with Gasteiger partial charge in [-0.2, -0.15) is 13.2 Å². The molecule has 6 heteroatoms. The number of likely N-dealkylation sites (N-methyl/N-ethyl adjacent to an activating group) is 1. The minimum absolute atomic E-state index is 0.0302. The highest BCUT2D eigenvalue weighted by molar-refractivity contribution is 5.51. The molecule has 0 amide bonds. The van der Waals surface area contributed by atoms with E-state index < -0.39 is 17.6 Å². The summed E-state index contributed by atoms with van der Waals surface area (Å²) >= 11 is 0. The van der Waals surface area contributed by atoms with Crippen molar-refractivity contribution in [2.75, 3.05) is 25.0 Å². The molecular weight excluding hydrogens is 248 g/mol. The molecule has 0 bridgehead atoms. The molecule has 0 spiro atoms. The minimum Gasteiger partial charge on any atom is -0.368 e. The molecule has 18 heavy (non-hydrogen) atoms. The number of halogens is 4. The second kappa shape index (κ2) is 4.76. The number of anilines is 1. The summed E-state index contributed by atoms with van der Waals surface area (Å²) in [7, 11) is 1.79. The van der Waals surface area contributed by atoms with E-state index >= 15 is 0 Å². The van der Waals surface area contributed by atoms with Gasteiger partial charge in [0.15, 0.2) is 0 Å². The Hall–Kier alpha value is -1.30. The van der Waals surface area contributed by atoms with E-state index in [0.717, 1.165) is 24.6 Å². The van der Waals surface area contributed by atoms with E-state index in [1.54, 1.807) is 11.9 Å². The molecule has 2 nitrogen and oxygen atoms in total. The van der Waals surface area contributed by atoms with Gasteiger partial charge in [-0.1, -0.05) is 0 Å². The number of hydrogen-bond donors (Lipinski definition) is 1. The molecule has 1 fully saturated rings. The first-order valence-electron chi connectivity index (χ1n) is 5.71. The monoisotopic (exact) mass is 262 g/mol. The zero-order chi connectivity index (χ0) is 13.3. The Morgan fingerprint density at radius 1 is 1.33 bits per heavy atom. The Morgan fingerprint density at radius 2 is 2.06 bits per heavy atom. The average Bonchev–Trinajstić information content (AvgIpc) is 2.76. The van der Waals surface area contributed by atoms with Crippen molar-refractivity contribution in [3.8, 4) is 0 Å². The van der Waals surface area contributed by atoms with Crippen LogP contribution in [0.5, 0.6) is 0 Å². The first-order valence-corrected chi connectivity index (χ1v) is 5.71. The molecule has 1 aromatic carbocycles. The zero-order valence-electron chi connectivity index (χ0n) is 9.89. The average molecular weight is 262 g/mol. The predicted octanol–water partition coefficient (Wildman–Crippen LogP) is 2.64. The fraction of sp³-hybridized carbons (Fsp3) is 0.500. The highest BCUT2D eigenvalue weighted by atomic mass is 19.4. The normalized spacial score (nSPS) is 20.5. The maximum atomic E-state index is 13.6. The van der Waals surface area contributed by atoms with E-state index in [9.17, 15) is 17.6 Å². The van der Waals surface area contributed by atoms with Crippen LogP contribution in [0, 0.1) is 5.82 Å². The lowest BCUT2D eigenvalue weighted by Gasteiger charge is -2.20. The largest absolute Gasteiger partial charge is 0.416 e. The SMILES string of the molecule is CNC1CCN(c2cc(C(F)(F)F)ccc2F)C1. The number of alkyl halides is 3. The van der Waals surface area contributed by atoms with Gasteiger partial charge in [-0.25, -0.2) is 4.39 Å². The fourth-order valence-corrected chi connectivity index (χ4v) is 2.15. The number of benzene rings is 1. The van der Waals surface area contributed by atoms with Crippen LogP contribution in [0.1, 0.15) is 12.0 Å². The highest BCUT2D eigenvalue weighted by Crippen LogP contribution is 2.33. The number of hydrogen-bond acceptors (Lipinski definition) is 2. The van der Waals surface area contributed by atoms with Gasteiger partial charge in [0, 0.05) is 19.1 Å². The van der Waals surface area contributed by atoms with E-state index in [0.29, 0.717) is 13.1 Å². The summed E-state index contributed by atoms with van der Waals surface area (Å²) in [4.78, 5) is 1.64. The van der Waals surface area contributed by atoms with Crippen molar-refractivity contribution in [1.29, 1.82) is 0 Å². The Morgan fingerprint density at radius 3 is 2.61 bits per heavy atom. The molecule has 1 aliphatic heterocycles. The van der Waals surface area contributed by atoms with Crippen molar-refractivity contribution in [2.45, 2.75) is 18.6 Å². The van der Waals surface area contributed by atoms with Gasteiger partial charge < -0.3 is 10.2 Å². The lowest BCUT2D eigenvalue weighted by Crippen LogP contribution is -2.30. The van der Waals surface area contributed by atoms with Crippen LogP contribution in [-0.2, 0) is 6.18 Å². The molecule has 0 saturated carbocycles. The van der Waals surface area contributed by atoms with Crippen LogP contribution < -0.4 is 10.2 Å². The summed E-state index contributed by atoms with van der Waals surface area (Å²) in [5.74, 6) is -0.611. The lowest BCUT2D eigenvalue weighted by atomic mass is 10.1. The van der Waals surface area contributed by atoms with E-state index in [2.05, 4.69) is 5.32 Å². The molecule has 1 atom stereocenters. The van der Waals surface area contributed by atoms with Crippen LogP contribution in [0.15, 0.2) is 18.2 Å². The van der Waals surface area contributed by atoms with Gasteiger partial charge in [0.25, 0.3) is 0 Å². The Kier molecular flexibility index (Phi) is 3.47. The molecule has 1 N–H and O–H groups in total. The third kappa shape index (κ3) is 2.58. The molecule has 1 heterocycles. The highest BCUT2D eigenvalue weighted by Gasteiger charge is 2.32. The van der Waals surface area contributed by atoms with Crippen molar-refractivity contribution in [2.24, 2.45) is 0 Å². The third-order valence-corrected chi connectivity index (χ3v) is 3.21. The first-order chi connectivity index (χ1) is 8.41. The Bertz CT molecular complexity index is 431. The molecule has 0 aromatic heterocycles. The van der Waals surface area contributed by atoms with Crippen molar-refractivity contribution in [3.05, 3.63) is 29.6 Å². The number of rotatable bonds is 2. The maximum absolute atomic E-state index is 13.6. The second-order valence-electron chi connectivity index (χ2n) is 4.38. The van der Waals surface area contributed by atoms with Crippen molar-refractivity contribution in [1.82, 2.24) is 5.32 Å². The fourth-order valence-electron chi connectivity index (χ4n) is 2.15. The van der Waals surface area contributed by atoms with Gasteiger partial charge in [-0.3, -0.25) is 0 Å². The van der Waals surface area contributed by atoms with Crippen LogP contribution in [0.3, 0.4) is 0 Å². The maximum Gasteiger partial charge on any atom is 0.416 e. The zero-order valence-corrected chi connectivity index (χ0v) is 9.89. The number of nitrogens with one attached hydrogen (secondary N) is 1. The molecule has 1 aliphatic rings. The summed E-state index contributed by atoms with van der Waals surface area (Å²) in [6.45, 7) is 1.08. The van der Waals surface area contributed by atoms with Crippen LogP contribution in [0.4, 0.5) is 23.2 Å². The minimum atomic E-state index is -4.44. The third-order valence-electron chi connectivity index (χ3n) is 3.21. The predicted molar refractivity (Wildman–Crippen MR) is 61.1 cm³/mol. The standard InChI is InChI=1S/C12H14F4N2/c1-17-9-4-5-18(7-9)11-6-8(12(14,15)16)2-3-10(11)13/h2-3,6,9,17H,4-5,7H2,1H3. The van der Waals surface area contributed by atoms with Gasteiger partial charge in [0.2, 0.25) is 0 Å². The van der Waals surface area contributed by atoms with Crippen molar-refractivity contribution in [3.63, 3.8) is 0 Å². The van der Waals surface area contributed by atoms with Gasteiger partial charge in [0.1, 0.15) is 5.82 Å². The van der Waals surface area contributed by atoms with E-state index in [1.165, 1.54) is 0 Å². The van der Waals surface area contributed by atoms with Gasteiger partial charge >= 0.3 is 6.18 Å². The van der Waals surface area contributed by atoms with Crippen LogP contribution in [0.25, 0.3) is 0 Å². The topological polar surface area (TPSA) is 15.3 Å². The molecule has 100 valence electrons. The van der Waals surface area contributed by atoms with Crippen molar-refractivity contribution < 1.29 is 17.6 Å². The van der Waals surface area contributed by atoms with Gasteiger partial charge in [-0.05, 0) is 31.7 Å². The van der Waals surface area contributed by atoms with E-state index in [1.807, 2.05) is 0 Å². The lowest BCUT2D eigenvalue weighted by molar-refractivity contribution is -0.137. The number of nitrogens with zero attached hydrogens (tertiary/aromatic N) is 1. The Balaban J connectivity index is 2.27. The second-order valence-corrected chi connectivity index (χ2v) is 4.38. The Labute approximate surface area is 103 Å². The quantitative estimate of drug-likeness (QED) is 0.824. The summed E-state index contributed by atoms with van der Waals surface area (Å²) < 4.78 is 51.3. The first kappa shape index (κ1) is 13.1. The summed E-state index contributed by atoms with van der Waals surface area (Å²) in [5.41, 5.74) is -0.783. The molecule has 0 aliphatic carbocycles. The summed E-state index contributed by atoms with van der Waals surface area (Å²) in [6, 6.07) is 2.72. The van der Waals surface area contributed by atoms with Crippen LogP contribution in [-0.4, -0.2) is 26.2 Å². The summed E-state index contributed by atoms with van der Waals surface area (Å²) in [6.07, 6.45) is -3.64.